The van der Waals surface area contributed by atoms with Crippen LogP contribution in [0.15, 0.2) is 28.7 Å². The molecule has 1 N–H and O–H groups in total. The maximum Gasteiger partial charge on any atom is 0.307 e. The second kappa shape index (κ2) is 6.90. The molecule has 0 bridgehead atoms. The van der Waals surface area contributed by atoms with Crippen molar-refractivity contribution in [2.24, 2.45) is 0 Å². The number of esters is 1. The minimum absolute atomic E-state index is 0.0305. The Hall–Kier alpha value is -0.870. The molecule has 0 unspecified atom stereocenters. The summed E-state index contributed by atoms with van der Waals surface area (Å²) in [7, 11) is 0. The molecule has 1 aromatic carbocycles. The predicted molar refractivity (Wildman–Crippen MR) is 76.3 cm³/mol. The molecule has 0 aliphatic heterocycles. The van der Waals surface area contributed by atoms with E-state index in [0.717, 1.165) is 10.0 Å². The van der Waals surface area contributed by atoms with E-state index in [1.807, 2.05) is 24.3 Å². The highest BCUT2D eigenvalue weighted by molar-refractivity contribution is 9.10. The second-order valence-corrected chi connectivity index (χ2v) is 6.03. The number of hydrogen-bond donors (Lipinski definition) is 1. The Bertz CT molecular complexity index is 399. The van der Waals surface area contributed by atoms with Crippen molar-refractivity contribution in [3.8, 4) is 0 Å². The number of benzene rings is 1. The van der Waals surface area contributed by atoms with Crippen LogP contribution in [-0.2, 0) is 16.1 Å². The van der Waals surface area contributed by atoms with Crippen LogP contribution in [0, 0.1) is 0 Å². The van der Waals surface area contributed by atoms with Crippen molar-refractivity contribution in [2.45, 2.75) is 39.3 Å². The van der Waals surface area contributed by atoms with Crippen molar-refractivity contribution in [2.75, 3.05) is 6.54 Å². The minimum atomic E-state index is -0.178. The van der Waals surface area contributed by atoms with E-state index in [-0.39, 0.29) is 11.5 Å². The highest BCUT2D eigenvalue weighted by atomic mass is 79.9. The fourth-order valence-corrected chi connectivity index (χ4v) is 1.78. The van der Waals surface area contributed by atoms with Crippen LogP contribution in [-0.4, -0.2) is 18.1 Å². The third-order valence-corrected chi connectivity index (χ3v) is 3.10. The molecule has 0 atom stereocenters. The first kappa shape index (κ1) is 15.2. The van der Waals surface area contributed by atoms with Gasteiger partial charge in [-0.2, -0.15) is 0 Å². The third kappa shape index (κ3) is 6.17. The van der Waals surface area contributed by atoms with E-state index >= 15 is 0 Å². The molecule has 0 spiro atoms. The summed E-state index contributed by atoms with van der Waals surface area (Å²) in [6, 6.07) is 7.73. The summed E-state index contributed by atoms with van der Waals surface area (Å²) in [4.78, 5) is 11.5. The predicted octanol–water partition coefficient (Wildman–Crippen LogP) is 3.27. The van der Waals surface area contributed by atoms with Crippen molar-refractivity contribution in [3.05, 3.63) is 34.3 Å². The Balaban J connectivity index is 2.28. The Kier molecular flexibility index (Phi) is 5.82. The maximum absolute atomic E-state index is 11.5. The van der Waals surface area contributed by atoms with E-state index in [1.54, 1.807) is 0 Å². The monoisotopic (exact) mass is 313 g/mol. The van der Waals surface area contributed by atoms with Gasteiger partial charge in [0.15, 0.2) is 0 Å². The summed E-state index contributed by atoms with van der Waals surface area (Å²) in [6.45, 7) is 7.16. The highest BCUT2D eigenvalue weighted by Crippen LogP contribution is 2.16. The van der Waals surface area contributed by atoms with Gasteiger partial charge in [-0.1, -0.05) is 34.1 Å². The molecule has 0 aliphatic rings. The molecule has 0 aromatic heterocycles. The SMILES string of the molecule is CC(C)(C)NCCC(=O)OCc1ccccc1Br. The summed E-state index contributed by atoms with van der Waals surface area (Å²) in [6.07, 6.45) is 0.391. The van der Waals surface area contributed by atoms with E-state index in [2.05, 4.69) is 42.0 Å². The topological polar surface area (TPSA) is 38.3 Å². The molecule has 0 aliphatic carbocycles. The molecule has 0 saturated heterocycles. The second-order valence-electron chi connectivity index (χ2n) is 5.18. The minimum Gasteiger partial charge on any atom is -0.461 e. The molecular formula is C14H20BrNO2. The third-order valence-electron chi connectivity index (χ3n) is 2.33. The van der Waals surface area contributed by atoms with Crippen LogP contribution in [0.2, 0.25) is 0 Å². The van der Waals surface area contributed by atoms with E-state index < -0.39 is 0 Å². The first-order valence-electron chi connectivity index (χ1n) is 6.02. The van der Waals surface area contributed by atoms with Crippen LogP contribution in [0.1, 0.15) is 32.8 Å². The molecule has 4 heteroatoms. The lowest BCUT2D eigenvalue weighted by atomic mass is 10.1. The Labute approximate surface area is 117 Å². The molecule has 0 amide bonds. The summed E-state index contributed by atoms with van der Waals surface area (Å²) in [5, 5.41) is 3.25. The van der Waals surface area contributed by atoms with Crippen LogP contribution in [0.25, 0.3) is 0 Å². The smallest absolute Gasteiger partial charge is 0.307 e. The number of hydrogen-bond acceptors (Lipinski definition) is 3. The number of rotatable bonds is 5. The highest BCUT2D eigenvalue weighted by Gasteiger charge is 2.10. The normalized spacial score (nSPS) is 11.3. The van der Waals surface area contributed by atoms with Gasteiger partial charge in [-0.25, -0.2) is 0 Å². The molecule has 0 saturated carbocycles. The molecular weight excluding hydrogens is 294 g/mol. The Morgan fingerprint density at radius 3 is 2.61 bits per heavy atom. The van der Waals surface area contributed by atoms with E-state index in [1.165, 1.54) is 0 Å². The van der Waals surface area contributed by atoms with Gasteiger partial charge in [-0.3, -0.25) is 4.79 Å². The lowest BCUT2D eigenvalue weighted by molar-refractivity contribution is -0.144. The van der Waals surface area contributed by atoms with Gasteiger partial charge in [0, 0.05) is 22.1 Å². The average Bonchev–Trinajstić information content (AvgIpc) is 2.26. The summed E-state index contributed by atoms with van der Waals surface area (Å²) >= 11 is 3.42. The van der Waals surface area contributed by atoms with Gasteiger partial charge >= 0.3 is 5.97 Å². The number of carbonyl (C=O) groups is 1. The van der Waals surface area contributed by atoms with Crippen molar-refractivity contribution < 1.29 is 9.53 Å². The van der Waals surface area contributed by atoms with Crippen LogP contribution in [0.3, 0.4) is 0 Å². The number of ether oxygens (including phenoxy) is 1. The number of nitrogens with one attached hydrogen (secondary N) is 1. The van der Waals surface area contributed by atoms with Gasteiger partial charge in [-0.05, 0) is 26.8 Å². The van der Waals surface area contributed by atoms with Gasteiger partial charge in [0.25, 0.3) is 0 Å². The molecule has 1 aromatic rings. The largest absolute Gasteiger partial charge is 0.461 e. The molecule has 100 valence electrons. The quantitative estimate of drug-likeness (QED) is 0.848. The molecule has 0 heterocycles. The zero-order valence-corrected chi connectivity index (χ0v) is 12.7. The van der Waals surface area contributed by atoms with Crippen LogP contribution < -0.4 is 5.32 Å². The first-order chi connectivity index (χ1) is 8.38. The van der Waals surface area contributed by atoms with Crippen molar-refractivity contribution in [1.82, 2.24) is 5.32 Å². The van der Waals surface area contributed by atoms with Crippen LogP contribution in [0.4, 0.5) is 0 Å². The molecule has 0 radical (unpaired) electrons. The Morgan fingerprint density at radius 1 is 1.33 bits per heavy atom. The maximum atomic E-state index is 11.5. The van der Waals surface area contributed by atoms with E-state index in [4.69, 9.17) is 4.74 Å². The zero-order valence-electron chi connectivity index (χ0n) is 11.1. The molecule has 3 nitrogen and oxygen atoms in total. The van der Waals surface area contributed by atoms with E-state index in [0.29, 0.717) is 19.6 Å². The van der Waals surface area contributed by atoms with Gasteiger partial charge in [0.05, 0.1) is 6.42 Å². The van der Waals surface area contributed by atoms with Gasteiger partial charge in [0.2, 0.25) is 0 Å². The summed E-state index contributed by atoms with van der Waals surface area (Å²) in [5.41, 5.74) is 1.01. The van der Waals surface area contributed by atoms with Gasteiger partial charge < -0.3 is 10.1 Å². The van der Waals surface area contributed by atoms with Crippen LogP contribution >= 0.6 is 15.9 Å². The summed E-state index contributed by atoms with van der Waals surface area (Å²) < 4.78 is 6.18. The van der Waals surface area contributed by atoms with Gasteiger partial charge in [0.1, 0.15) is 6.61 Å². The molecule has 18 heavy (non-hydrogen) atoms. The average molecular weight is 314 g/mol. The molecule has 1 rings (SSSR count). The Morgan fingerprint density at radius 2 is 2.00 bits per heavy atom. The van der Waals surface area contributed by atoms with Crippen molar-refractivity contribution >= 4 is 21.9 Å². The lowest BCUT2D eigenvalue weighted by Gasteiger charge is -2.20. The van der Waals surface area contributed by atoms with Crippen LogP contribution in [0.5, 0.6) is 0 Å². The van der Waals surface area contributed by atoms with Gasteiger partial charge in [-0.15, -0.1) is 0 Å². The number of carbonyl (C=O) groups excluding carboxylic acids is 1. The lowest BCUT2D eigenvalue weighted by Crippen LogP contribution is -2.37. The van der Waals surface area contributed by atoms with Crippen molar-refractivity contribution in [3.63, 3.8) is 0 Å². The fourth-order valence-electron chi connectivity index (χ4n) is 1.39. The van der Waals surface area contributed by atoms with Crippen molar-refractivity contribution in [1.29, 1.82) is 0 Å². The first-order valence-corrected chi connectivity index (χ1v) is 6.82. The fraction of sp³-hybridized carbons (Fsp3) is 0.500. The number of halogens is 1. The summed E-state index contributed by atoms with van der Waals surface area (Å²) in [5.74, 6) is -0.178. The van der Waals surface area contributed by atoms with E-state index in [9.17, 15) is 4.79 Å². The standard InChI is InChI=1S/C14H20BrNO2/c1-14(2,3)16-9-8-13(17)18-10-11-6-4-5-7-12(11)15/h4-7,16H,8-10H2,1-3H3. The molecule has 0 fully saturated rings. The zero-order chi connectivity index (χ0) is 13.6.